The molecule has 4 rings (SSSR count). The van der Waals surface area contributed by atoms with E-state index < -0.39 is 0 Å². The second kappa shape index (κ2) is 9.16. The lowest BCUT2D eigenvalue weighted by Gasteiger charge is -2.34. The lowest BCUT2D eigenvalue weighted by atomic mass is 10.2. The average molecular weight is 428 g/mol. The molecule has 0 unspecified atom stereocenters. The highest BCUT2D eigenvalue weighted by molar-refractivity contribution is 8.00. The number of piperazine rings is 1. The highest BCUT2D eigenvalue weighted by Crippen LogP contribution is 2.38. The number of carbonyl (C=O) groups is 2. The van der Waals surface area contributed by atoms with Gasteiger partial charge in [-0.05, 0) is 44.9 Å². The molecule has 2 aliphatic rings. The lowest BCUT2D eigenvalue weighted by molar-refractivity contribution is 0.0670. The third-order valence-corrected chi connectivity index (χ3v) is 7.26. The van der Waals surface area contributed by atoms with Crippen LogP contribution in [0.15, 0.2) is 39.6 Å². The van der Waals surface area contributed by atoms with Crippen molar-refractivity contribution in [2.45, 2.75) is 49.7 Å². The van der Waals surface area contributed by atoms with Gasteiger partial charge >= 0.3 is 6.03 Å². The zero-order chi connectivity index (χ0) is 21.1. The summed E-state index contributed by atoms with van der Waals surface area (Å²) in [6.45, 7) is 5.74. The lowest BCUT2D eigenvalue weighted by Crippen LogP contribution is -2.51. The molecule has 1 saturated carbocycles. The van der Waals surface area contributed by atoms with E-state index in [1.165, 1.54) is 25.7 Å². The highest BCUT2D eigenvalue weighted by Gasteiger charge is 2.27. The molecule has 6 nitrogen and oxygen atoms in total. The van der Waals surface area contributed by atoms with Crippen molar-refractivity contribution in [3.63, 3.8) is 0 Å². The first-order chi connectivity index (χ1) is 14.5. The molecular weight excluding hydrogens is 398 g/mol. The zero-order valence-corrected chi connectivity index (χ0v) is 18.5. The Balaban J connectivity index is 1.34. The number of thioether (sulfide) groups is 1. The van der Waals surface area contributed by atoms with Crippen molar-refractivity contribution in [1.29, 1.82) is 0 Å². The third-order valence-electron chi connectivity index (χ3n) is 5.85. The Morgan fingerprint density at radius 3 is 2.37 bits per heavy atom. The fourth-order valence-electron chi connectivity index (χ4n) is 4.18. The van der Waals surface area contributed by atoms with Gasteiger partial charge in [-0.2, -0.15) is 0 Å². The second-order valence-corrected chi connectivity index (χ2v) is 9.40. The van der Waals surface area contributed by atoms with Crippen LogP contribution in [0.5, 0.6) is 0 Å². The first-order valence-electron chi connectivity index (χ1n) is 10.7. The standard InChI is InChI=1S/C23H29N3O3S/c1-16-15-19(17(2)29-16)22(27)25-11-13-26(14-12-25)23(28)24-20-9-5-6-10-21(20)30-18-7-3-4-8-18/h5-6,9-10,15,18H,3-4,7-8,11-14H2,1-2H3,(H,24,28). The summed E-state index contributed by atoms with van der Waals surface area (Å²) in [5.41, 5.74) is 1.49. The van der Waals surface area contributed by atoms with E-state index in [1.54, 1.807) is 15.9 Å². The SMILES string of the molecule is Cc1cc(C(=O)N2CCN(C(=O)Nc3ccccc3SC3CCCC3)CC2)c(C)o1. The minimum atomic E-state index is -0.100. The molecule has 3 amide bonds. The van der Waals surface area contributed by atoms with Crippen molar-refractivity contribution in [2.75, 3.05) is 31.5 Å². The first-order valence-corrected chi connectivity index (χ1v) is 11.6. The van der Waals surface area contributed by atoms with Crippen LogP contribution in [0, 0.1) is 13.8 Å². The van der Waals surface area contributed by atoms with Crippen LogP contribution >= 0.6 is 11.8 Å². The fraction of sp³-hybridized carbons (Fsp3) is 0.478. The molecule has 160 valence electrons. The highest BCUT2D eigenvalue weighted by atomic mass is 32.2. The maximum absolute atomic E-state index is 12.8. The number of rotatable bonds is 4. The molecule has 30 heavy (non-hydrogen) atoms. The molecule has 1 aromatic heterocycles. The van der Waals surface area contributed by atoms with Gasteiger partial charge < -0.3 is 19.5 Å². The molecule has 1 saturated heterocycles. The van der Waals surface area contributed by atoms with Crippen molar-refractivity contribution in [3.8, 4) is 0 Å². The van der Waals surface area contributed by atoms with Gasteiger partial charge in [-0.25, -0.2) is 4.79 Å². The number of benzene rings is 1. The summed E-state index contributed by atoms with van der Waals surface area (Å²) in [5, 5.41) is 3.74. The van der Waals surface area contributed by atoms with Crippen molar-refractivity contribution >= 4 is 29.4 Å². The van der Waals surface area contributed by atoms with Gasteiger partial charge in [-0.1, -0.05) is 25.0 Å². The van der Waals surface area contributed by atoms with Crippen molar-refractivity contribution in [2.24, 2.45) is 0 Å². The van der Waals surface area contributed by atoms with E-state index in [1.807, 2.05) is 43.8 Å². The smallest absolute Gasteiger partial charge is 0.321 e. The molecule has 1 aromatic carbocycles. The number of carbonyl (C=O) groups excluding carboxylic acids is 2. The largest absolute Gasteiger partial charge is 0.466 e. The first kappa shape index (κ1) is 20.8. The predicted octanol–water partition coefficient (Wildman–Crippen LogP) is 4.92. The Hall–Kier alpha value is -2.41. The van der Waals surface area contributed by atoms with Crippen LogP contribution in [0.4, 0.5) is 10.5 Å². The van der Waals surface area contributed by atoms with Crippen LogP contribution in [0.3, 0.4) is 0 Å². The van der Waals surface area contributed by atoms with Gasteiger partial charge in [0.1, 0.15) is 11.5 Å². The fourth-order valence-corrected chi connectivity index (χ4v) is 5.51. The van der Waals surface area contributed by atoms with E-state index in [-0.39, 0.29) is 11.9 Å². The number of nitrogens with zero attached hydrogens (tertiary/aromatic N) is 2. The van der Waals surface area contributed by atoms with Crippen LogP contribution in [-0.4, -0.2) is 53.2 Å². The van der Waals surface area contributed by atoms with Gasteiger partial charge in [0.05, 0.1) is 11.3 Å². The van der Waals surface area contributed by atoms with E-state index in [2.05, 4.69) is 11.4 Å². The maximum atomic E-state index is 12.8. The summed E-state index contributed by atoms with van der Waals surface area (Å²) in [4.78, 5) is 30.3. The predicted molar refractivity (Wildman–Crippen MR) is 119 cm³/mol. The van der Waals surface area contributed by atoms with Gasteiger partial charge in [-0.3, -0.25) is 4.79 Å². The monoisotopic (exact) mass is 427 g/mol. The minimum absolute atomic E-state index is 0.0253. The van der Waals surface area contributed by atoms with Crippen LogP contribution in [0.2, 0.25) is 0 Å². The Bertz CT molecular complexity index is 912. The summed E-state index contributed by atoms with van der Waals surface area (Å²) in [7, 11) is 0. The van der Waals surface area contributed by atoms with Crippen LogP contribution in [0.1, 0.15) is 47.6 Å². The molecule has 0 atom stereocenters. The summed E-state index contributed by atoms with van der Waals surface area (Å²) < 4.78 is 5.49. The molecule has 2 heterocycles. The average Bonchev–Trinajstić information content (AvgIpc) is 3.38. The number of urea groups is 1. The number of hydrogen-bond acceptors (Lipinski definition) is 4. The van der Waals surface area contributed by atoms with Crippen molar-refractivity contribution in [3.05, 3.63) is 47.4 Å². The van der Waals surface area contributed by atoms with Gasteiger partial charge in [0, 0.05) is 36.3 Å². The Morgan fingerprint density at radius 1 is 1.03 bits per heavy atom. The number of anilines is 1. The molecule has 1 N–H and O–H groups in total. The Kier molecular flexibility index (Phi) is 6.37. The molecule has 2 fully saturated rings. The summed E-state index contributed by atoms with van der Waals surface area (Å²) in [6.07, 6.45) is 5.09. The van der Waals surface area contributed by atoms with Crippen LogP contribution in [-0.2, 0) is 0 Å². The van der Waals surface area contributed by atoms with Crippen LogP contribution < -0.4 is 5.32 Å². The molecule has 0 radical (unpaired) electrons. The van der Waals surface area contributed by atoms with E-state index >= 15 is 0 Å². The number of hydrogen-bond donors (Lipinski definition) is 1. The molecule has 1 aliphatic carbocycles. The van der Waals surface area contributed by atoms with Gasteiger partial charge in [-0.15, -0.1) is 11.8 Å². The second-order valence-electron chi connectivity index (χ2n) is 8.06. The van der Waals surface area contributed by atoms with Gasteiger partial charge in [0.2, 0.25) is 0 Å². The Morgan fingerprint density at radius 2 is 1.70 bits per heavy atom. The van der Waals surface area contributed by atoms with E-state index in [9.17, 15) is 9.59 Å². The molecule has 7 heteroatoms. The van der Waals surface area contributed by atoms with Gasteiger partial charge in [0.25, 0.3) is 5.91 Å². The molecular formula is C23H29N3O3S. The normalized spacial score (nSPS) is 17.4. The molecule has 0 bridgehead atoms. The van der Waals surface area contributed by atoms with E-state index in [0.717, 1.165) is 16.3 Å². The minimum Gasteiger partial charge on any atom is -0.466 e. The van der Waals surface area contributed by atoms with E-state index in [0.29, 0.717) is 42.8 Å². The number of aryl methyl sites for hydroxylation is 2. The summed E-state index contributed by atoms with van der Waals surface area (Å²) in [6, 6.07) is 9.73. The molecule has 0 spiro atoms. The number of amides is 3. The molecule has 1 aliphatic heterocycles. The number of para-hydroxylation sites is 1. The Labute approximate surface area is 182 Å². The quantitative estimate of drug-likeness (QED) is 0.752. The summed E-state index contributed by atoms with van der Waals surface area (Å²) >= 11 is 1.88. The van der Waals surface area contributed by atoms with E-state index in [4.69, 9.17) is 4.42 Å². The maximum Gasteiger partial charge on any atom is 0.321 e. The van der Waals surface area contributed by atoms with Crippen molar-refractivity contribution < 1.29 is 14.0 Å². The van der Waals surface area contributed by atoms with Crippen LogP contribution in [0.25, 0.3) is 0 Å². The number of nitrogens with one attached hydrogen (secondary N) is 1. The summed E-state index contributed by atoms with van der Waals surface area (Å²) in [5.74, 6) is 1.36. The molecule has 2 aromatic rings. The third kappa shape index (κ3) is 4.67. The van der Waals surface area contributed by atoms with Gasteiger partial charge in [0.15, 0.2) is 0 Å². The topological polar surface area (TPSA) is 65.8 Å². The van der Waals surface area contributed by atoms with Crippen molar-refractivity contribution in [1.82, 2.24) is 9.80 Å². The number of furan rings is 1. The zero-order valence-electron chi connectivity index (χ0n) is 17.6.